The van der Waals surface area contributed by atoms with Crippen molar-refractivity contribution in [3.8, 4) is 28.3 Å². The van der Waals surface area contributed by atoms with Gasteiger partial charge in [-0.05, 0) is 62.2 Å². The van der Waals surface area contributed by atoms with Crippen molar-refractivity contribution < 1.29 is 0 Å². The number of aromatic nitrogens is 3. The first-order chi connectivity index (χ1) is 18.8. The molecule has 0 saturated carbocycles. The molecule has 0 unspecified atom stereocenters. The number of para-hydroxylation sites is 2. The Morgan fingerprint density at radius 3 is 2.00 bits per heavy atom. The van der Waals surface area contributed by atoms with Crippen LogP contribution >= 0.6 is 0 Å². The number of aliphatic imine (C=N–C) groups is 1. The third-order valence-corrected chi connectivity index (χ3v) is 6.64. The first-order valence-corrected chi connectivity index (χ1v) is 12.6. The van der Waals surface area contributed by atoms with E-state index in [9.17, 15) is 0 Å². The maximum atomic E-state index is 4.94. The van der Waals surface area contributed by atoms with Crippen LogP contribution in [-0.2, 0) is 0 Å². The number of hydrogen-bond acceptors (Lipinski definition) is 3. The van der Waals surface area contributed by atoms with E-state index in [2.05, 4.69) is 101 Å². The van der Waals surface area contributed by atoms with Gasteiger partial charge in [0.1, 0.15) is 0 Å². The van der Waals surface area contributed by atoms with E-state index in [0.29, 0.717) is 11.5 Å². The summed E-state index contributed by atoms with van der Waals surface area (Å²) in [6.07, 6.45) is 5.81. The first kappa shape index (κ1) is 23.3. The van der Waals surface area contributed by atoms with Crippen molar-refractivity contribution in [3.05, 3.63) is 133 Å². The molecule has 0 aliphatic rings. The molecule has 182 valence electrons. The molecular weight excluding hydrogens is 464 g/mol. The second kappa shape index (κ2) is 10.1. The van der Waals surface area contributed by atoms with Crippen LogP contribution in [0.2, 0.25) is 0 Å². The molecule has 38 heavy (non-hydrogen) atoms. The van der Waals surface area contributed by atoms with Gasteiger partial charge in [0, 0.05) is 27.6 Å². The minimum atomic E-state index is 0.644. The molecule has 2 aromatic heterocycles. The highest BCUT2D eigenvalue weighted by atomic mass is 15.0. The van der Waals surface area contributed by atoms with Crippen LogP contribution in [0.3, 0.4) is 0 Å². The average molecular weight is 491 g/mol. The molecule has 4 heteroatoms. The number of benzene rings is 4. The summed E-state index contributed by atoms with van der Waals surface area (Å²) in [6.45, 7) is 5.74. The molecule has 2 heterocycles. The molecule has 4 nitrogen and oxygen atoms in total. The topological polar surface area (TPSA) is 43.1 Å². The van der Waals surface area contributed by atoms with Crippen molar-refractivity contribution in [2.24, 2.45) is 4.99 Å². The highest BCUT2D eigenvalue weighted by Crippen LogP contribution is 2.33. The van der Waals surface area contributed by atoms with Gasteiger partial charge in [0.15, 0.2) is 5.82 Å². The Bertz CT molecular complexity index is 1770. The van der Waals surface area contributed by atoms with Crippen molar-refractivity contribution in [2.45, 2.75) is 6.92 Å². The van der Waals surface area contributed by atoms with Crippen LogP contribution in [0.4, 0.5) is 0 Å². The van der Waals surface area contributed by atoms with Crippen molar-refractivity contribution >= 4 is 34.2 Å². The molecule has 0 N–H and O–H groups in total. The monoisotopic (exact) mass is 490 g/mol. The zero-order valence-electron chi connectivity index (χ0n) is 21.1. The fourth-order valence-electron chi connectivity index (χ4n) is 4.83. The fourth-order valence-corrected chi connectivity index (χ4v) is 4.83. The maximum Gasteiger partial charge on any atom is 0.160 e. The Labute approximate surface area is 222 Å². The van der Waals surface area contributed by atoms with Crippen LogP contribution in [0, 0.1) is 0 Å². The van der Waals surface area contributed by atoms with E-state index in [-0.39, 0.29) is 0 Å². The lowest BCUT2D eigenvalue weighted by Crippen LogP contribution is -1.98. The van der Waals surface area contributed by atoms with E-state index >= 15 is 0 Å². The lowest BCUT2D eigenvalue weighted by Gasteiger charge is -2.11. The zero-order chi connectivity index (χ0) is 25.9. The minimum Gasteiger partial charge on any atom is -0.309 e. The summed E-state index contributed by atoms with van der Waals surface area (Å²) < 4.78 is 2.31. The smallest absolute Gasteiger partial charge is 0.160 e. The van der Waals surface area contributed by atoms with Gasteiger partial charge in [0.25, 0.3) is 0 Å². The molecule has 0 amide bonds. The third-order valence-electron chi connectivity index (χ3n) is 6.64. The van der Waals surface area contributed by atoms with E-state index in [0.717, 1.165) is 28.2 Å². The average Bonchev–Trinajstić information content (AvgIpc) is 3.32. The Morgan fingerprint density at radius 2 is 1.37 bits per heavy atom. The van der Waals surface area contributed by atoms with E-state index < -0.39 is 0 Å². The van der Waals surface area contributed by atoms with Gasteiger partial charge < -0.3 is 4.57 Å². The minimum absolute atomic E-state index is 0.644. The second-order valence-corrected chi connectivity index (χ2v) is 8.98. The van der Waals surface area contributed by atoms with Gasteiger partial charge in [0.05, 0.1) is 28.1 Å². The number of hydrogen-bond donors (Lipinski definition) is 0. The van der Waals surface area contributed by atoms with Gasteiger partial charge in [-0.1, -0.05) is 78.9 Å². The van der Waals surface area contributed by atoms with Gasteiger partial charge >= 0.3 is 0 Å². The van der Waals surface area contributed by atoms with Crippen molar-refractivity contribution in [3.63, 3.8) is 0 Å². The summed E-state index contributed by atoms with van der Waals surface area (Å²) in [7, 11) is 0. The highest BCUT2D eigenvalue weighted by molar-refractivity contribution is 6.09. The van der Waals surface area contributed by atoms with Gasteiger partial charge in [-0.15, -0.1) is 0 Å². The first-order valence-electron chi connectivity index (χ1n) is 12.6. The van der Waals surface area contributed by atoms with E-state index in [4.69, 9.17) is 9.97 Å². The Balaban J connectivity index is 1.48. The Morgan fingerprint density at radius 1 is 0.737 bits per heavy atom. The Hall–Kier alpha value is -5.09. The fraction of sp³-hybridized carbons (Fsp3) is 0.0294. The van der Waals surface area contributed by atoms with Crippen LogP contribution in [0.15, 0.2) is 132 Å². The largest absolute Gasteiger partial charge is 0.309 e. The normalized spacial score (nSPS) is 12.0. The van der Waals surface area contributed by atoms with Crippen LogP contribution in [0.5, 0.6) is 0 Å². The zero-order valence-corrected chi connectivity index (χ0v) is 21.1. The highest BCUT2D eigenvalue weighted by Gasteiger charge is 2.14. The van der Waals surface area contributed by atoms with Crippen LogP contribution in [0.1, 0.15) is 12.6 Å². The van der Waals surface area contributed by atoms with E-state index in [1.807, 2.05) is 49.4 Å². The van der Waals surface area contributed by atoms with Gasteiger partial charge in [-0.3, -0.25) is 4.99 Å². The van der Waals surface area contributed by atoms with E-state index in [1.165, 1.54) is 21.8 Å². The van der Waals surface area contributed by atoms with E-state index in [1.54, 1.807) is 0 Å². The van der Waals surface area contributed by atoms with Crippen molar-refractivity contribution in [1.29, 1.82) is 0 Å². The van der Waals surface area contributed by atoms with Crippen LogP contribution < -0.4 is 0 Å². The molecule has 0 bridgehead atoms. The molecule has 4 aromatic carbocycles. The lowest BCUT2D eigenvalue weighted by atomic mass is 10.1. The molecule has 0 fully saturated rings. The van der Waals surface area contributed by atoms with Gasteiger partial charge in [0.2, 0.25) is 0 Å². The molecule has 0 saturated heterocycles. The molecule has 6 aromatic rings. The Kier molecular flexibility index (Phi) is 6.20. The molecule has 0 aliphatic heterocycles. The summed E-state index contributed by atoms with van der Waals surface area (Å²) >= 11 is 0. The predicted molar refractivity (Wildman–Crippen MR) is 160 cm³/mol. The summed E-state index contributed by atoms with van der Waals surface area (Å²) in [5.74, 6) is 0.644. The molecule has 0 atom stereocenters. The van der Waals surface area contributed by atoms with Crippen LogP contribution in [0.25, 0.3) is 55.8 Å². The number of allylic oxidation sites excluding steroid dienone is 3. The quantitative estimate of drug-likeness (QED) is 0.173. The predicted octanol–water partition coefficient (Wildman–Crippen LogP) is 8.53. The summed E-state index contributed by atoms with van der Waals surface area (Å²) in [5, 5.41) is 2.49. The molecule has 0 spiro atoms. The lowest BCUT2D eigenvalue weighted by molar-refractivity contribution is 1.14. The summed E-state index contributed by atoms with van der Waals surface area (Å²) in [5.41, 5.74) is 7.68. The molecule has 0 aliphatic carbocycles. The summed E-state index contributed by atoms with van der Waals surface area (Å²) in [4.78, 5) is 14.1. The van der Waals surface area contributed by atoms with Crippen molar-refractivity contribution in [1.82, 2.24) is 14.5 Å². The third kappa shape index (κ3) is 4.22. The summed E-state index contributed by atoms with van der Waals surface area (Å²) in [6, 6.07) is 37.6. The van der Waals surface area contributed by atoms with Crippen LogP contribution in [-0.4, -0.2) is 21.3 Å². The number of rotatable bonds is 6. The molecular formula is C34H26N4. The number of nitrogens with zero attached hydrogens (tertiary/aromatic N) is 4. The standard InChI is InChI=1S/C34H26N4/c1-3-4-16-29(35-2)31-23-30(24-12-6-5-7-13-24)36-34(37-31)25-19-21-26(22-20-25)38-32-17-10-8-14-27(32)28-15-9-11-18-33(28)38/h3-23H,2H2,1H3/b4-3-,29-16-. The molecule has 6 rings (SSSR count). The van der Waals surface area contributed by atoms with Gasteiger partial charge in [-0.2, -0.15) is 0 Å². The number of fused-ring (bicyclic) bond motifs is 3. The van der Waals surface area contributed by atoms with Gasteiger partial charge in [-0.25, -0.2) is 9.97 Å². The maximum absolute atomic E-state index is 4.94. The van der Waals surface area contributed by atoms with Crippen molar-refractivity contribution in [2.75, 3.05) is 0 Å². The molecule has 0 radical (unpaired) electrons. The SMILES string of the molecule is C=N/C(=C\C=C/C)c1cc(-c2ccccc2)nc(-c2ccc(-n3c4ccccc4c4ccccc43)cc2)n1. The second-order valence-electron chi connectivity index (χ2n) is 8.98.